The van der Waals surface area contributed by atoms with Gasteiger partial charge in [-0.2, -0.15) is 0 Å². The molecule has 0 amide bonds. The average Bonchev–Trinajstić information content (AvgIpc) is 2.22. The van der Waals surface area contributed by atoms with E-state index in [4.69, 9.17) is 17.3 Å². The Morgan fingerprint density at radius 3 is 2.69 bits per heavy atom. The van der Waals surface area contributed by atoms with Gasteiger partial charge in [-0.25, -0.2) is 4.39 Å². The SMILES string of the molecule is CC(C)c1cc(N)c2c(F)ccc(Cl)c2n1. The number of benzene rings is 1. The molecule has 16 heavy (non-hydrogen) atoms. The maximum absolute atomic E-state index is 13.6. The number of fused-ring (bicyclic) bond motifs is 1. The van der Waals surface area contributed by atoms with E-state index in [0.717, 1.165) is 5.69 Å². The number of anilines is 1. The van der Waals surface area contributed by atoms with Crippen LogP contribution in [0.5, 0.6) is 0 Å². The molecule has 0 aliphatic heterocycles. The molecule has 0 bridgehead atoms. The van der Waals surface area contributed by atoms with E-state index >= 15 is 0 Å². The lowest BCUT2D eigenvalue weighted by Gasteiger charge is -2.10. The Balaban J connectivity index is 2.86. The van der Waals surface area contributed by atoms with Crippen molar-refractivity contribution in [3.05, 3.63) is 34.7 Å². The largest absolute Gasteiger partial charge is 0.398 e. The zero-order chi connectivity index (χ0) is 11.9. The van der Waals surface area contributed by atoms with E-state index in [0.29, 0.717) is 21.6 Å². The predicted octanol–water partition coefficient (Wildman–Crippen LogP) is 3.73. The maximum Gasteiger partial charge on any atom is 0.134 e. The number of halogens is 2. The van der Waals surface area contributed by atoms with Crippen molar-refractivity contribution in [1.82, 2.24) is 4.98 Å². The summed E-state index contributed by atoms with van der Waals surface area (Å²) < 4.78 is 13.6. The lowest BCUT2D eigenvalue weighted by molar-refractivity contribution is 0.639. The van der Waals surface area contributed by atoms with Gasteiger partial charge in [0, 0.05) is 11.4 Å². The molecule has 0 atom stereocenters. The quantitative estimate of drug-likeness (QED) is 0.822. The van der Waals surface area contributed by atoms with Gasteiger partial charge in [0.1, 0.15) is 5.82 Å². The second-order valence-electron chi connectivity index (χ2n) is 4.04. The molecule has 0 aliphatic rings. The van der Waals surface area contributed by atoms with Crippen molar-refractivity contribution in [3.63, 3.8) is 0 Å². The summed E-state index contributed by atoms with van der Waals surface area (Å²) >= 11 is 5.99. The fourth-order valence-electron chi connectivity index (χ4n) is 1.61. The van der Waals surface area contributed by atoms with Crippen LogP contribution in [-0.4, -0.2) is 4.98 Å². The normalized spacial score (nSPS) is 11.3. The van der Waals surface area contributed by atoms with Crippen LogP contribution in [0.15, 0.2) is 18.2 Å². The lowest BCUT2D eigenvalue weighted by Crippen LogP contribution is -1.99. The van der Waals surface area contributed by atoms with Gasteiger partial charge in [0.05, 0.1) is 15.9 Å². The van der Waals surface area contributed by atoms with Crippen molar-refractivity contribution in [2.24, 2.45) is 0 Å². The molecule has 1 aromatic carbocycles. The summed E-state index contributed by atoms with van der Waals surface area (Å²) in [6.07, 6.45) is 0. The Kier molecular flexibility index (Phi) is 2.72. The van der Waals surface area contributed by atoms with E-state index in [9.17, 15) is 4.39 Å². The first-order valence-electron chi connectivity index (χ1n) is 5.05. The Hall–Kier alpha value is -1.35. The third-order valence-corrected chi connectivity index (χ3v) is 2.81. The van der Waals surface area contributed by atoms with Gasteiger partial charge in [-0.15, -0.1) is 0 Å². The number of nitrogen functional groups attached to an aromatic ring is 1. The molecule has 2 nitrogen and oxygen atoms in total. The minimum atomic E-state index is -0.389. The van der Waals surface area contributed by atoms with Gasteiger partial charge in [0.25, 0.3) is 0 Å². The molecule has 1 heterocycles. The Labute approximate surface area is 98.2 Å². The van der Waals surface area contributed by atoms with Crippen molar-refractivity contribution in [2.75, 3.05) is 5.73 Å². The molecule has 4 heteroatoms. The third-order valence-electron chi connectivity index (χ3n) is 2.50. The van der Waals surface area contributed by atoms with Gasteiger partial charge in [0.2, 0.25) is 0 Å². The van der Waals surface area contributed by atoms with Gasteiger partial charge in [-0.05, 0) is 24.1 Å². The van der Waals surface area contributed by atoms with E-state index in [1.807, 2.05) is 13.8 Å². The van der Waals surface area contributed by atoms with E-state index in [1.54, 1.807) is 6.07 Å². The molecular weight excluding hydrogens is 227 g/mol. The number of hydrogen-bond acceptors (Lipinski definition) is 2. The highest BCUT2D eigenvalue weighted by molar-refractivity contribution is 6.35. The van der Waals surface area contributed by atoms with Crippen LogP contribution < -0.4 is 5.73 Å². The molecule has 0 saturated heterocycles. The molecule has 1 aromatic heterocycles. The topological polar surface area (TPSA) is 38.9 Å². The van der Waals surface area contributed by atoms with Crippen molar-refractivity contribution in [2.45, 2.75) is 19.8 Å². The highest BCUT2D eigenvalue weighted by atomic mass is 35.5. The van der Waals surface area contributed by atoms with Crippen LogP contribution in [-0.2, 0) is 0 Å². The molecule has 2 N–H and O–H groups in total. The molecule has 0 fully saturated rings. The first kappa shape index (κ1) is 11.1. The molecule has 0 saturated carbocycles. The lowest BCUT2D eigenvalue weighted by atomic mass is 10.1. The monoisotopic (exact) mass is 238 g/mol. The minimum absolute atomic E-state index is 0.228. The fourth-order valence-corrected chi connectivity index (χ4v) is 1.81. The third kappa shape index (κ3) is 1.71. The van der Waals surface area contributed by atoms with E-state index < -0.39 is 0 Å². The predicted molar refractivity (Wildman–Crippen MR) is 65.2 cm³/mol. The zero-order valence-corrected chi connectivity index (χ0v) is 9.85. The molecular formula is C12H12ClFN2. The van der Waals surface area contributed by atoms with Crippen LogP contribution in [0.3, 0.4) is 0 Å². The number of pyridine rings is 1. The van der Waals surface area contributed by atoms with Crippen LogP contribution in [0, 0.1) is 5.82 Å². The first-order chi connectivity index (χ1) is 7.50. The number of hydrogen-bond donors (Lipinski definition) is 1. The van der Waals surface area contributed by atoms with Gasteiger partial charge in [0.15, 0.2) is 0 Å². The van der Waals surface area contributed by atoms with E-state index in [2.05, 4.69) is 4.98 Å². The van der Waals surface area contributed by atoms with Crippen LogP contribution in [0.2, 0.25) is 5.02 Å². The Bertz CT molecular complexity index is 552. The Morgan fingerprint density at radius 2 is 2.06 bits per heavy atom. The summed E-state index contributed by atoms with van der Waals surface area (Å²) in [5, 5.41) is 0.725. The second kappa shape index (κ2) is 3.91. The van der Waals surface area contributed by atoms with Crippen LogP contribution in [0.25, 0.3) is 10.9 Å². The molecule has 0 aliphatic carbocycles. The van der Waals surface area contributed by atoms with Gasteiger partial charge in [-0.3, -0.25) is 4.98 Å². The first-order valence-corrected chi connectivity index (χ1v) is 5.42. The molecule has 2 aromatic rings. The van der Waals surface area contributed by atoms with Crippen molar-refractivity contribution in [1.29, 1.82) is 0 Å². The van der Waals surface area contributed by atoms with Gasteiger partial charge in [-0.1, -0.05) is 25.4 Å². The summed E-state index contributed by atoms with van der Waals surface area (Å²) in [5.74, 6) is -0.161. The average molecular weight is 239 g/mol. The molecule has 0 radical (unpaired) electrons. The second-order valence-corrected chi connectivity index (χ2v) is 4.45. The van der Waals surface area contributed by atoms with Crippen molar-refractivity contribution in [3.8, 4) is 0 Å². The number of rotatable bonds is 1. The number of nitrogens with zero attached hydrogens (tertiary/aromatic N) is 1. The van der Waals surface area contributed by atoms with Crippen molar-refractivity contribution < 1.29 is 4.39 Å². The van der Waals surface area contributed by atoms with Gasteiger partial charge < -0.3 is 5.73 Å². The van der Waals surface area contributed by atoms with Crippen molar-refractivity contribution >= 4 is 28.2 Å². The van der Waals surface area contributed by atoms with Gasteiger partial charge >= 0.3 is 0 Å². The minimum Gasteiger partial charge on any atom is -0.398 e. The van der Waals surface area contributed by atoms with Crippen LogP contribution >= 0.6 is 11.6 Å². The summed E-state index contributed by atoms with van der Waals surface area (Å²) in [4.78, 5) is 4.34. The molecule has 0 spiro atoms. The standard InChI is InChI=1S/C12H12ClFN2/c1-6(2)10-5-9(15)11-8(14)4-3-7(13)12(11)16-10/h3-6H,1-2H3,(H2,15,16). The summed E-state index contributed by atoms with van der Waals surface area (Å²) in [7, 11) is 0. The molecule has 0 unspecified atom stereocenters. The van der Waals surface area contributed by atoms with E-state index in [1.165, 1.54) is 12.1 Å². The fraction of sp³-hybridized carbons (Fsp3) is 0.250. The summed E-state index contributed by atoms with van der Waals surface area (Å²) in [6, 6.07) is 4.50. The maximum atomic E-state index is 13.6. The zero-order valence-electron chi connectivity index (χ0n) is 9.09. The smallest absolute Gasteiger partial charge is 0.134 e. The summed E-state index contributed by atoms with van der Waals surface area (Å²) in [6.45, 7) is 4.00. The highest BCUT2D eigenvalue weighted by Gasteiger charge is 2.12. The number of aromatic nitrogens is 1. The summed E-state index contributed by atoms with van der Waals surface area (Å²) in [5.41, 5.74) is 7.46. The van der Waals surface area contributed by atoms with E-state index in [-0.39, 0.29) is 11.7 Å². The molecule has 84 valence electrons. The van der Waals surface area contributed by atoms with Crippen LogP contribution in [0.1, 0.15) is 25.5 Å². The van der Waals surface area contributed by atoms with Crippen LogP contribution in [0.4, 0.5) is 10.1 Å². The highest BCUT2D eigenvalue weighted by Crippen LogP contribution is 2.30. The number of nitrogens with two attached hydrogens (primary N) is 1. The molecule has 2 rings (SSSR count). The Morgan fingerprint density at radius 1 is 1.38 bits per heavy atom.